The molecule has 1 fully saturated rings. The molecular formula is C13H27ClN2O2. The van der Waals surface area contributed by atoms with Crippen LogP contribution < -0.4 is 10.6 Å². The lowest BCUT2D eigenvalue weighted by atomic mass is 9.66. The van der Waals surface area contributed by atoms with Crippen molar-refractivity contribution in [1.82, 2.24) is 10.6 Å². The minimum atomic E-state index is -0.124. The molecule has 0 aliphatic heterocycles. The van der Waals surface area contributed by atoms with E-state index in [4.69, 9.17) is 4.74 Å². The normalized spacial score (nSPS) is 16.6. The number of hydrogen-bond donors (Lipinski definition) is 2. The smallest absolute Gasteiger partial charge is 0.226 e. The van der Waals surface area contributed by atoms with Crippen LogP contribution in [0.15, 0.2) is 0 Å². The third kappa shape index (κ3) is 5.12. The number of halogens is 1. The summed E-state index contributed by atoms with van der Waals surface area (Å²) in [5.74, 6) is 0.221. The van der Waals surface area contributed by atoms with Crippen LogP contribution in [0.2, 0.25) is 0 Å². The zero-order valence-electron chi connectivity index (χ0n) is 11.6. The van der Waals surface area contributed by atoms with Crippen molar-refractivity contribution in [2.24, 2.45) is 5.41 Å². The predicted molar refractivity (Wildman–Crippen MR) is 76.2 cm³/mol. The summed E-state index contributed by atoms with van der Waals surface area (Å²) in [6.45, 7) is 5.43. The zero-order valence-corrected chi connectivity index (χ0v) is 12.4. The maximum atomic E-state index is 12.1. The molecule has 0 saturated heterocycles. The maximum Gasteiger partial charge on any atom is 0.226 e. The molecule has 4 nitrogen and oxygen atoms in total. The number of rotatable bonds is 9. The molecule has 5 heteroatoms. The molecule has 0 atom stereocenters. The lowest BCUT2D eigenvalue weighted by molar-refractivity contribution is -0.137. The van der Waals surface area contributed by atoms with E-state index in [0.29, 0.717) is 6.61 Å². The fourth-order valence-corrected chi connectivity index (χ4v) is 2.25. The van der Waals surface area contributed by atoms with E-state index in [1.54, 1.807) is 7.11 Å². The first-order valence-electron chi connectivity index (χ1n) is 6.73. The van der Waals surface area contributed by atoms with Crippen molar-refractivity contribution in [3.8, 4) is 0 Å². The highest BCUT2D eigenvalue weighted by Gasteiger charge is 2.43. The second kappa shape index (κ2) is 9.59. The largest absolute Gasteiger partial charge is 0.385 e. The number of hydrogen-bond acceptors (Lipinski definition) is 3. The van der Waals surface area contributed by atoms with Crippen LogP contribution in [0.25, 0.3) is 0 Å². The molecule has 1 aliphatic carbocycles. The van der Waals surface area contributed by atoms with Crippen molar-refractivity contribution in [3.63, 3.8) is 0 Å². The maximum absolute atomic E-state index is 12.1. The van der Waals surface area contributed by atoms with E-state index < -0.39 is 0 Å². The number of methoxy groups -OCH3 is 1. The summed E-state index contributed by atoms with van der Waals surface area (Å²) in [5, 5.41) is 6.32. The molecule has 0 bridgehead atoms. The van der Waals surface area contributed by atoms with Crippen LogP contribution in [0.4, 0.5) is 0 Å². The van der Waals surface area contributed by atoms with Crippen LogP contribution in [0.1, 0.15) is 39.0 Å². The first kappa shape index (κ1) is 17.7. The molecule has 1 saturated carbocycles. The van der Waals surface area contributed by atoms with Gasteiger partial charge in [-0.1, -0.05) is 13.3 Å². The van der Waals surface area contributed by atoms with E-state index in [9.17, 15) is 4.79 Å². The molecule has 0 unspecified atom stereocenters. The minimum Gasteiger partial charge on any atom is -0.385 e. The summed E-state index contributed by atoms with van der Waals surface area (Å²) in [5.41, 5.74) is -0.124. The van der Waals surface area contributed by atoms with Crippen LogP contribution in [0, 0.1) is 5.41 Å². The highest BCUT2D eigenvalue weighted by Crippen LogP contribution is 2.44. The standard InChI is InChI=1S/C13H26N2O2.ClH/c1-3-8-14-9-10-15-12(16)13(5-4-6-13)7-11-17-2;/h14H,3-11H2,1-2H3,(H,15,16);1H. The Morgan fingerprint density at radius 3 is 2.50 bits per heavy atom. The Hall–Kier alpha value is -0.320. The van der Waals surface area contributed by atoms with Gasteiger partial charge in [0.05, 0.1) is 5.41 Å². The number of nitrogens with one attached hydrogen (secondary N) is 2. The SMILES string of the molecule is CCCNCCNC(=O)C1(CCOC)CCC1.Cl. The van der Waals surface area contributed by atoms with E-state index in [0.717, 1.165) is 45.3 Å². The van der Waals surface area contributed by atoms with Crippen molar-refractivity contribution >= 4 is 18.3 Å². The third-order valence-electron chi connectivity index (χ3n) is 3.59. The Morgan fingerprint density at radius 1 is 1.28 bits per heavy atom. The van der Waals surface area contributed by atoms with Gasteiger partial charge in [-0.05, 0) is 32.2 Å². The molecule has 2 N–H and O–H groups in total. The highest BCUT2D eigenvalue weighted by molar-refractivity contribution is 5.85. The second-order valence-electron chi connectivity index (χ2n) is 4.88. The second-order valence-corrected chi connectivity index (χ2v) is 4.88. The topological polar surface area (TPSA) is 50.4 Å². The van der Waals surface area contributed by atoms with Gasteiger partial charge in [-0.2, -0.15) is 0 Å². The van der Waals surface area contributed by atoms with Crippen LogP contribution in [0.5, 0.6) is 0 Å². The van der Waals surface area contributed by atoms with Crippen molar-refractivity contribution < 1.29 is 9.53 Å². The Labute approximate surface area is 117 Å². The van der Waals surface area contributed by atoms with Gasteiger partial charge in [0.1, 0.15) is 0 Å². The van der Waals surface area contributed by atoms with Gasteiger partial charge in [-0.25, -0.2) is 0 Å². The van der Waals surface area contributed by atoms with E-state index in [-0.39, 0.29) is 23.7 Å². The first-order chi connectivity index (χ1) is 8.25. The van der Waals surface area contributed by atoms with E-state index in [2.05, 4.69) is 17.6 Å². The Balaban J connectivity index is 0.00000289. The lowest BCUT2D eigenvalue weighted by Gasteiger charge is -2.40. The molecule has 0 aromatic heterocycles. The molecule has 1 amide bonds. The van der Waals surface area contributed by atoms with Gasteiger partial charge in [0.2, 0.25) is 5.91 Å². The van der Waals surface area contributed by atoms with Gasteiger partial charge in [0, 0.05) is 26.8 Å². The molecule has 0 radical (unpaired) electrons. The molecule has 108 valence electrons. The summed E-state index contributed by atoms with van der Waals surface area (Å²) in [7, 11) is 1.69. The van der Waals surface area contributed by atoms with Gasteiger partial charge in [-0.3, -0.25) is 4.79 Å². The molecule has 18 heavy (non-hydrogen) atoms. The van der Waals surface area contributed by atoms with Gasteiger partial charge in [0.15, 0.2) is 0 Å². The summed E-state index contributed by atoms with van der Waals surface area (Å²) in [6.07, 6.45) is 5.20. The molecule has 1 rings (SSSR count). The van der Waals surface area contributed by atoms with Crippen LogP contribution >= 0.6 is 12.4 Å². The first-order valence-corrected chi connectivity index (χ1v) is 6.73. The quantitative estimate of drug-likeness (QED) is 0.632. The molecule has 1 aliphatic rings. The number of carbonyl (C=O) groups is 1. The van der Waals surface area contributed by atoms with Crippen LogP contribution in [-0.4, -0.2) is 39.3 Å². The Morgan fingerprint density at radius 2 is 2.00 bits per heavy atom. The Kier molecular flexibility index (Phi) is 9.42. The third-order valence-corrected chi connectivity index (χ3v) is 3.59. The lowest BCUT2D eigenvalue weighted by Crippen LogP contribution is -2.47. The molecule has 0 spiro atoms. The summed E-state index contributed by atoms with van der Waals surface area (Å²) in [4.78, 5) is 12.1. The fourth-order valence-electron chi connectivity index (χ4n) is 2.25. The molecule has 0 heterocycles. The van der Waals surface area contributed by atoms with Gasteiger partial charge in [0.25, 0.3) is 0 Å². The van der Waals surface area contributed by atoms with E-state index >= 15 is 0 Å². The molecule has 0 aromatic rings. The Bertz CT molecular complexity index is 233. The molecular weight excluding hydrogens is 252 g/mol. The highest BCUT2D eigenvalue weighted by atomic mass is 35.5. The van der Waals surface area contributed by atoms with Crippen molar-refractivity contribution in [3.05, 3.63) is 0 Å². The number of ether oxygens (including phenoxy) is 1. The fraction of sp³-hybridized carbons (Fsp3) is 0.923. The average Bonchev–Trinajstić information content (AvgIpc) is 2.27. The minimum absolute atomic E-state index is 0. The van der Waals surface area contributed by atoms with Crippen molar-refractivity contribution in [2.75, 3.05) is 33.4 Å². The zero-order chi connectivity index (χ0) is 12.6. The molecule has 0 aromatic carbocycles. The van der Waals surface area contributed by atoms with Gasteiger partial charge >= 0.3 is 0 Å². The van der Waals surface area contributed by atoms with Crippen LogP contribution in [-0.2, 0) is 9.53 Å². The van der Waals surface area contributed by atoms with E-state index in [1.165, 1.54) is 6.42 Å². The van der Waals surface area contributed by atoms with Gasteiger partial charge in [-0.15, -0.1) is 12.4 Å². The van der Waals surface area contributed by atoms with Crippen molar-refractivity contribution in [1.29, 1.82) is 0 Å². The van der Waals surface area contributed by atoms with E-state index in [1.807, 2.05) is 0 Å². The van der Waals surface area contributed by atoms with Crippen molar-refractivity contribution in [2.45, 2.75) is 39.0 Å². The number of carbonyl (C=O) groups excluding carboxylic acids is 1. The van der Waals surface area contributed by atoms with Crippen LogP contribution in [0.3, 0.4) is 0 Å². The average molecular weight is 279 g/mol. The monoisotopic (exact) mass is 278 g/mol. The predicted octanol–water partition coefficient (Wildman–Crippen LogP) is 1.73. The summed E-state index contributed by atoms with van der Waals surface area (Å²) >= 11 is 0. The summed E-state index contributed by atoms with van der Waals surface area (Å²) < 4.78 is 5.09. The van der Waals surface area contributed by atoms with Gasteiger partial charge < -0.3 is 15.4 Å². The summed E-state index contributed by atoms with van der Waals surface area (Å²) in [6, 6.07) is 0. The number of amides is 1.